The standard InChI is InChI=1S/C22H26N2O4S/c25-22(23-13-15-28-16-14-23)19-9-6-12-24(17-19)29(26,27)21-11-5-4-10-20(21)18-7-2-1-3-8-18/h1-5,7-8,10-11,19H,6,9,12-17H2/t19-/m0/s1. The predicted molar refractivity (Wildman–Crippen MR) is 111 cm³/mol. The average Bonchev–Trinajstić information content (AvgIpc) is 2.80. The van der Waals surface area contributed by atoms with Gasteiger partial charge in [-0.2, -0.15) is 4.31 Å². The number of rotatable bonds is 4. The molecule has 2 aromatic carbocycles. The van der Waals surface area contributed by atoms with Crippen LogP contribution >= 0.6 is 0 Å². The van der Waals surface area contributed by atoms with Gasteiger partial charge >= 0.3 is 0 Å². The lowest BCUT2D eigenvalue weighted by Gasteiger charge is -2.35. The number of hydrogen-bond donors (Lipinski definition) is 0. The molecule has 0 radical (unpaired) electrons. The molecule has 0 saturated carbocycles. The Morgan fingerprint density at radius 1 is 0.931 bits per heavy atom. The van der Waals surface area contributed by atoms with Crippen LogP contribution in [0.25, 0.3) is 11.1 Å². The van der Waals surface area contributed by atoms with Gasteiger partial charge in [0.1, 0.15) is 0 Å². The smallest absolute Gasteiger partial charge is 0.243 e. The number of ether oxygens (including phenoxy) is 1. The van der Waals surface area contributed by atoms with Gasteiger partial charge in [0, 0.05) is 31.7 Å². The maximum absolute atomic E-state index is 13.5. The van der Waals surface area contributed by atoms with E-state index in [1.807, 2.05) is 47.4 Å². The topological polar surface area (TPSA) is 66.9 Å². The normalized spacial score (nSPS) is 21.1. The van der Waals surface area contributed by atoms with Gasteiger partial charge in [-0.05, 0) is 24.5 Å². The van der Waals surface area contributed by atoms with E-state index in [9.17, 15) is 13.2 Å². The Bertz CT molecular complexity index is 956. The van der Waals surface area contributed by atoms with E-state index in [4.69, 9.17) is 4.74 Å². The lowest BCUT2D eigenvalue weighted by molar-refractivity contribution is -0.140. The largest absolute Gasteiger partial charge is 0.378 e. The molecule has 2 saturated heterocycles. The molecule has 0 aromatic heterocycles. The van der Waals surface area contributed by atoms with Crippen molar-refractivity contribution in [3.63, 3.8) is 0 Å². The Morgan fingerprint density at radius 2 is 1.62 bits per heavy atom. The highest BCUT2D eigenvalue weighted by Crippen LogP contribution is 2.31. The summed E-state index contributed by atoms with van der Waals surface area (Å²) in [6.45, 7) is 2.94. The summed E-state index contributed by atoms with van der Waals surface area (Å²) in [6.07, 6.45) is 1.41. The minimum atomic E-state index is -3.70. The van der Waals surface area contributed by atoms with Crippen molar-refractivity contribution < 1.29 is 17.9 Å². The second-order valence-electron chi connectivity index (χ2n) is 7.50. The number of piperidine rings is 1. The number of carbonyl (C=O) groups is 1. The maximum Gasteiger partial charge on any atom is 0.243 e. The second kappa shape index (κ2) is 8.65. The zero-order valence-electron chi connectivity index (χ0n) is 16.4. The molecule has 2 aromatic rings. The first-order chi connectivity index (χ1) is 14.1. The van der Waals surface area contributed by atoms with Crippen molar-refractivity contribution in [3.8, 4) is 11.1 Å². The molecule has 6 nitrogen and oxygen atoms in total. The van der Waals surface area contributed by atoms with Crippen LogP contribution in [0.1, 0.15) is 12.8 Å². The molecule has 0 N–H and O–H groups in total. The monoisotopic (exact) mass is 414 g/mol. The summed E-state index contributed by atoms with van der Waals surface area (Å²) in [5.74, 6) is -0.245. The van der Waals surface area contributed by atoms with Gasteiger partial charge in [-0.1, -0.05) is 48.5 Å². The molecule has 2 aliphatic heterocycles. The zero-order chi connectivity index (χ0) is 20.3. The van der Waals surface area contributed by atoms with E-state index >= 15 is 0 Å². The summed E-state index contributed by atoms with van der Waals surface area (Å²) >= 11 is 0. The van der Waals surface area contributed by atoms with Crippen molar-refractivity contribution in [1.29, 1.82) is 0 Å². The van der Waals surface area contributed by atoms with Crippen LogP contribution in [0.5, 0.6) is 0 Å². The van der Waals surface area contributed by atoms with Gasteiger partial charge in [0.05, 0.1) is 24.0 Å². The number of morpholine rings is 1. The molecule has 7 heteroatoms. The third-order valence-electron chi connectivity index (χ3n) is 5.65. The molecule has 2 aliphatic rings. The van der Waals surface area contributed by atoms with Crippen LogP contribution < -0.4 is 0 Å². The summed E-state index contributed by atoms with van der Waals surface area (Å²) in [7, 11) is -3.70. The Balaban J connectivity index is 1.59. The van der Waals surface area contributed by atoms with E-state index < -0.39 is 10.0 Å². The van der Waals surface area contributed by atoms with Crippen molar-refractivity contribution >= 4 is 15.9 Å². The van der Waals surface area contributed by atoms with Gasteiger partial charge in [0.2, 0.25) is 15.9 Å². The Labute approximate surface area is 172 Å². The summed E-state index contributed by atoms with van der Waals surface area (Å²) in [5.41, 5.74) is 1.55. The SMILES string of the molecule is O=C([C@H]1CCCN(S(=O)(=O)c2ccccc2-c2ccccc2)C1)N1CCOCC1. The summed E-state index contributed by atoms with van der Waals surface area (Å²) in [6, 6.07) is 16.6. The molecule has 154 valence electrons. The van der Waals surface area contributed by atoms with Crippen molar-refractivity contribution in [2.75, 3.05) is 39.4 Å². The second-order valence-corrected chi connectivity index (χ2v) is 9.41. The van der Waals surface area contributed by atoms with Gasteiger partial charge in [-0.25, -0.2) is 8.42 Å². The number of amides is 1. The van der Waals surface area contributed by atoms with Crippen LogP contribution in [-0.4, -0.2) is 62.9 Å². The molecular weight excluding hydrogens is 388 g/mol. The number of nitrogens with zero attached hydrogens (tertiary/aromatic N) is 2. The number of sulfonamides is 1. The first-order valence-corrected chi connectivity index (χ1v) is 11.5. The lowest BCUT2D eigenvalue weighted by atomic mass is 9.98. The predicted octanol–water partition coefficient (Wildman–Crippen LogP) is 2.61. The van der Waals surface area contributed by atoms with E-state index in [1.54, 1.807) is 12.1 Å². The van der Waals surface area contributed by atoms with Crippen LogP contribution in [0.4, 0.5) is 0 Å². The van der Waals surface area contributed by atoms with Gasteiger partial charge in [0.15, 0.2) is 0 Å². The molecule has 0 unspecified atom stereocenters. The van der Waals surface area contributed by atoms with Crippen molar-refractivity contribution in [2.45, 2.75) is 17.7 Å². The highest BCUT2D eigenvalue weighted by atomic mass is 32.2. The fourth-order valence-electron chi connectivity index (χ4n) is 4.09. The maximum atomic E-state index is 13.5. The molecule has 0 spiro atoms. The van der Waals surface area contributed by atoms with Crippen molar-refractivity contribution in [3.05, 3.63) is 54.6 Å². The van der Waals surface area contributed by atoms with Crippen molar-refractivity contribution in [2.24, 2.45) is 5.92 Å². The van der Waals surface area contributed by atoms with E-state index in [0.717, 1.165) is 12.0 Å². The first kappa shape index (κ1) is 20.1. The fraction of sp³-hybridized carbons (Fsp3) is 0.409. The van der Waals surface area contributed by atoms with Crippen LogP contribution in [0.3, 0.4) is 0 Å². The van der Waals surface area contributed by atoms with Gasteiger partial charge < -0.3 is 9.64 Å². The molecule has 1 atom stereocenters. The van der Waals surface area contributed by atoms with Crippen LogP contribution in [0, 0.1) is 5.92 Å². The van der Waals surface area contributed by atoms with Gasteiger partial charge in [-0.3, -0.25) is 4.79 Å². The lowest BCUT2D eigenvalue weighted by Crippen LogP contribution is -2.49. The van der Waals surface area contributed by atoms with Gasteiger partial charge in [-0.15, -0.1) is 0 Å². The fourth-order valence-corrected chi connectivity index (χ4v) is 5.83. The summed E-state index contributed by atoms with van der Waals surface area (Å²) < 4.78 is 33.8. The molecule has 29 heavy (non-hydrogen) atoms. The van der Waals surface area contributed by atoms with E-state index in [1.165, 1.54) is 4.31 Å². The quantitative estimate of drug-likeness (QED) is 0.771. The van der Waals surface area contributed by atoms with Crippen LogP contribution in [0.15, 0.2) is 59.5 Å². The van der Waals surface area contributed by atoms with Crippen LogP contribution in [-0.2, 0) is 19.6 Å². The summed E-state index contributed by atoms with van der Waals surface area (Å²) in [5, 5.41) is 0. The highest BCUT2D eigenvalue weighted by Gasteiger charge is 2.36. The molecule has 1 amide bonds. The molecule has 4 rings (SSSR count). The highest BCUT2D eigenvalue weighted by molar-refractivity contribution is 7.89. The minimum Gasteiger partial charge on any atom is -0.378 e. The van der Waals surface area contributed by atoms with Crippen LogP contribution in [0.2, 0.25) is 0 Å². The average molecular weight is 415 g/mol. The number of carbonyl (C=O) groups excluding carboxylic acids is 1. The third-order valence-corrected chi connectivity index (χ3v) is 7.57. The van der Waals surface area contributed by atoms with Crippen molar-refractivity contribution in [1.82, 2.24) is 9.21 Å². The molecule has 2 fully saturated rings. The molecule has 0 bridgehead atoms. The Kier molecular flexibility index (Phi) is 5.99. The van der Waals surface area contributed by atoms with E-state index in [0.29, 0.717) is 49.7 Å². The molecular formula is C22H26N2O4S. The Hall–Kier alpha value is -2.22. The molecule has 0 aliphatic carbocycles. The number of hydrogen-bond acceptors (Lipinski definition) is 4. The Morgan fingerprint density at radius 3 is 2.38 bits per heavy atom. The van der Waals surface area contributed by atoms with Gasteiger partial charge in [0.25, 0.3) is 0 Å². The zero-order valence-corrected chi connectivity index (χ0v) is 17.2. The molecule has 2 heterocycles. The minimum absolute atomic E-state index is 0.0459. The first-order valence-electron chi connectivity index (χ1n) is 10.1. The summed E-state index contributed by atoms with van der Waals surface area (Å²) in [4.78, 5) is 15.0. The van der Waals surface area contributed by atoms with E-state index in [2.05, 4.69) is 0 Å². The third kappa shape index (κ3) is 4.22. The van der Waals surface area contributed by atoms with E-state index in [-0.39, 0.29) is 18.4 Å². The number of benzene rings is 2.